The number of esters is 1. The second-order valence-corrected chi connectivity index (χ2v) is 10.2. The number of thioether (sulfide) groups is 1. The van der Waals surface area contributed by atoms with Gasteiger partial charge in [0.25, 0.3) is 11.1 Å². The summed E-state index contributed by atoms with van der Waals surface area (Å²) < 4.78 is 21.5. The van der Waals surface area contributed by atoms with Crippen molar-refractivity contribution in [3.63, 3.8) is 0 Å². The van der Waals surface area contributed by atoms with Gasteiger partial charge in [0.15, 0.2) is 23.0 Å². The minimum absolute atomic E-state index is 0.0109. The fraction of sp³-hybridized carbons (Fsp3) is 0.115. The van der Waals surface area contributed by atoms with Gasteiger partial charge in [0.05, 0.1) is 29.1 Å². The Bertz CT molecular complexity index is 1510. The molecule has 8 nitrogen and oxygen atoms in total. The van der Waals surface area contributed by atoms with E-state index in [2.05, 4.69) is 0 Å². The van der Waals surface area contributed by atoms with Crippen LogP contribution in [0.1, 0.15) is 21.5 Å². The van der Waals surface area contributed by atoms with Gasteiger partial charge < -0.3 is 18.9 Å². The average molecular weight is 593 g/mol. The highest BCUT2D eigenvalue weighted by molar-refractivity contribution is 8.18. The minimum atomic E-state index is -0.655. The van der Waals surface area contributed by atoms with Crippen LogP contribution in [0, 0.1) is 0 Å². The lowest BCUT2D eigenvalue weighted by atomic mass is 10.1. The van der Waals surface area contributed by atoms with E-state index in [9.17, 15) is 14.4 Å². The molecule has 0 saturated carbocycles. The molecular formula is C26H16Cl3NO7S. The van der Waals surface area contributed by atoms with Crippen molar-refractivity contribution in [3.05, 3.63) is 85.2 Å². The number of nitrogens with zero attached hydrogens (tertiary/aromatic N) is 1. The first-order valence-electron chi connectivity index (χ1n) is 10.9. The van der Waals surface area contributed by atoms with Crippen molar-refractivity contribution in [1.29, 1.82) is 0 Å². The molecule has 194 valence electrons. The van der Waals surface area contributed by atoms with Crippen LogP contribution in [0.2, 0.25) is 15.1 Å². The molecule has 0 bridgehead atoms. The van der Waals surface area contributed by atoms with Gasteiger partial charge in [-0.1, -0.05) is 34.8 Å². The van der Waals surface area contributed by atoms with E-state index in [0.717, 1.165) is 16.7 Å². The number of rotatable bonds is 6. The molecular weight excluding hydrogens is 577 g/mol. The highest BCUT2D eigenvalue weighted by Gasteiger charge is 2.36. The average Bonchev–Trinajstić information content (AvgIpc) is 3.44. The van der Waals surface area contributed by atoms with E-state index in [1.807, 2.05) is 0 Å². The fourth-order valence-electron chi connectivity index (χ4n) is 3.70. The minimum Gasteiger partial charge on any atom is -0.493 e. The molecule has 0 atom stereocenters. The third-order valence-electron chi connectivity index (χ3n) is 5.57. The number of hydrogen-bond donors (Lipinski definition) is 0. The number of amides is 2. The van der Waals surface area contributed by atoms with Gasteiger partial charge in [-0.3, -0.25) is 14.5 Å². The number of carbonyl (C=O) groups is 3. The van der Waals surface area contributed by atoms with Crippen LogP contribution in [0.3, 0.4) is 0 Å². The van der Waals surface area contributed by atoms with E-state index in [-0.39, 0.29) is 40.3 Å². The van der Waals surface area contributed by atoms with E-state index in [0.29, 0.717) is 32.7 Å². The van der Waals surface area contributed by atoms with Gasteiger partial charge in [-0.25, -0.2) is 4.79 Å². The lowest BCUT2D eigenvalue weighted by Crippen LogP contribution is -2.27. The fourth-order valence-corrected chi connectivity index (χ4v) is 5.13. The number of fused-ring (bicyclic) bond motifs is 1. The molecule has 3 aromatic rings. The van der Waals surface area contributed by atoms with Gasteiger partial charge >= 0.3 is 5.97 Å². The Hall–Kier alpha value is -3.37. The maximum atomic E-state index is 13.1. The molecule has 0 aliphatic carbocycles. The van der Waals surface area contributed by atoms with Crippen LogP contribution in [0.5, 0.6) is 23.0 Å². The predicted molar refractivity (Wildman–Crippen MR) is 144 cm³/mol. The second-order valence-electron chi connectivity index (χ2n) is 8.00. The Morgan fingerprint density at radius 3 is 2.45 bits per heavy atom. The summed E-state index contributed by atoms with van der Waals surface area (Å²) >= 11 is 19.4. The first-order chi connectivity index (χ1) is 18.2. The maximum absolute atomic E-state index is 13.1. The summed E-state index contributed by atoms with van der Waals surface area (Å²) in [6.45, 7) is 0.0334. The SMILES string of the molecule is COc1cc(/C=C2\SC(=O)N(Cc3cc4c(cc3Cl)OCO4)C2=O)cc(Cl)c1OC(=O)c1ccc(Cl)cc1. The van der Waals surface area contributed by atoms with Crippen molar-refractivity contribution in [2.75, 3.05) is 13.9 Å². The zero-order valence-corrected chi connectivity index (χ0v) is 22.5. The van der Waals surface area contributed by atoms with E-state index >= 15 is 0 Å². The van der Waals surface area contributed by atoms with Crippen LogP contribution in [-0.2, 0) is 11.3 Å². The second kappa shape index (κ2) is 10.8. The highest BCUT2D eigenvalue weighted by atomic mass is 35.5. The lowest BCUT2D eigenvalue weighted by molar-refractivity contribution is -0.123. The number of imide groups is 1. The molecule has 5 rings (SSSR count). The molecule has 1 saturated heterocycles. The van der Waals surface area contributed by atoms with E-state index in [4.69, 9.17) is 53.8 Å². The zero-order valence-electron chi connectivity index (χ0n) is 19.5. The van der Waals surface area contributed by atoms with Crippen LogP contribution >= 0.6 is 46.6 Å². The Balaban J connectivity index is 1.36. The Labute approximate surface area is 235 Å². The molecule has 0 unspecified atom stereocenters. The van der Waals surface area contributed by atoms with Gasteiger partial charge in [-0.05, 0) is 71.4 Å². The third-order valence-corrected chi connectivity index (χ3v) is 7.36. The molecule has 12 heteroatoms. The standard InChI is InChI=1S/C26H16Cl3NO7S/c1-34-21-7-13(6-18(29)23(21)37-25(32)14-2-4-16(27)5-3-14)8-22-24(31)30(26(33)38-22)11-15-9-19-20(10-17(15)28)36-12-35-19/h2-10H,11-12H2,1H3/b22-8-. The van der Waals surface area contributed by atoms with Crippen LogP contribution in [0.25, 0.3) is 6.08 Å². The molecule has 0 spiro atoms. The summed E-state index contributed by atoms with van der Waals surface area (Å²) in [6, 6.07) is 12.4. The summed E-state index contributed by atoms with van der Waals surface area (Å²) in [5, 5.41) is 0.438. The normalized spacial score (nSPS) is 15.4. The number of carbonyl (C=O) groups excluding carboxylic acids is 3. The molecule has 2 aliphatic heterocycles. The van der Waals surface area contributed by atoms with Crippen molar-refractivity contribution in [2.45, 2.75) is 6.54 Å². The summed E-state index contributed by atoms with van der Waals surface area (Å²) in [5.41, 5.74) is 1.27. The quantitative estimate of drug-likeness (QED) is 0.175. The molecule has 3 aromatic carbocycles. The third kappa shape index (κ3) is 5.28. The van der Waals surface area contributed by atoms with Gasteiger partial charge in [-0.2, -0.15) is 0 Å². The summed E-state index contributed by atoms with van der Waals surface area (Å²) in [7, 11) is 1.39. The number of halogens is 3. The van der Waals surface area contributed by atoms with Crippen LogP contribution in [0.4, 0.5) is 4.79 Å². The van der Waals surface area contributed by atoms with E-state index in [1.165, 1.54) is 31.4 Å². The monoisotopic (exact) mass is 591 g/mol. The molecule has 2 heterocycles. The molecule has 0 aromatic heterocycles. The van der Waals surface area contributed by atoms with Crippen molar-refractivity contribution < 1.29 is 33.3 Å². The summed E-state index contributed by atoms with van der Waals surface area (Å²) in [5.74, 6) is 0.0145. The van der Waals surface area contributed by atoms with Gasteiger partial charge in [-0.15, -0.1) is 0 Å². The Kier molecular flexibility index (Phi) is 7.45. The number of hydrogen-bond acceptors (Lipinski definition) is 8. The topological polar surface area (TPSA) is 91.4 Å². The van der Waals surface area contributed by atoms with Crippen LogP contribution in [0.15, 0.2) is 53.4 Å². The van der Waals surface area contributed by atoms with Crippen LogP contribution < -0.4 is 18.9 Å². The lowest BCUT2D eigenvalue weighted by Gasteiger charge is -2.14. The van der Waals surface area contributed by atoms with Gasteiger partial charge in [0.2, 0.25) is 6.79 Å². The van der Waals surface area contributed by atoms with Crippen molar-refractivity contribution in [2.24, 2.45) is 0 Å². The number of ether oxygens (including phenoxy) is 4. The van der Waals surface area contributed by atoms with E-state index < -0.39 is 17.1 Å². The largest absolute Gasteiger partial charge is 0.493 e. The molecule has 1 fully saturated rings. The Morgan fingerprint density at radius 2 is 1.74 bits per heavy atom. The molecule has 38 heavy (non-hydrogen) atoms. The van der Waals surface area contributed by atoms with Crippen molar-refractivity contribution in [1.82, 2.24) is 4.90 Å². The van der Waals surface area contributed by atoms with Crippen molar-refractivity contribution >= 4 is 69.8 Å². The first-order valence-corrected chi connectivity index (χ1v) is 12.9. The first kappa shape index (κ1) is 26.2. The predicted octanol–water partition coefficient (Wildman–Crippen LogP) is 6.84. The summed E-state index contributed by atoms with van der Waals surface area (Å²) in [6.07, 6.45) is 1.51. The van der Waals surface area contributed by atoms with Gasteiger partial charge in [0, 0.05) is 16.1 Å². The van der Waals surface area contributed by atoms with Gasteiger partial charge in [0.1, 0.15) is 0 Å². The maximum Gasteiger partial charge on any atom is 0.343 e. The molecule has 0 radical (unpaired) electrons. The zero-order chi connectivity index (χ0) is 27.0. The molecule has 2 aliphatic rings. The number of benzene rings is 3. The molecule has 2 amide bonds. The highest BCUT2D eigenvalue weighted by Crippen LogP contribution is 2.41. The Morgan fingerprint density at radius 1 is 1.03 bits per heavy atom. The van der Waals surface area contributed by atoms with Crippen LogP contribution in [-0.4, -0.2) is 35.9 Å². The smallest absolute Gasteiger partial charge is 0.343 e. The summed E-state index contributed by atoms with van der Waals surface area (Å²) in [4.78, 5) is 39.6. The molecule has 0 N–H and O–H groups in total. The van der Waals surface area contributed by atoms with Crippen molar-refractivity contribution in [3.8, 4) is 23.0 Å². The van der Waals surface area contributed by atoms with E-state index in [1.54, 1.807) is 30.3 Å². The number of methoxy groups -OCH3 is 1.